The molecule has 0 saturated carbocycles. The maximum absolute atomic E-state index is 11.5. The highest BCUT2D eigenvalue weighted by atomic mass is 35.5. The van der Waals surface area contributed by atoms with Gasteiger partial charge >= 0.3 is 5.97 Å². The fourth-order valence-corrected chi connectivity index (χ4v) is 2.30. The number of methoxy groups -OCH3 is 1. The van der Waals surface area contributed by atoms with Crippen LogP contribution in [0.3, 0.4) is 0 Å². The SMILES string of the molecule is COC(=O)C1=NN2CCOc3cc(Cl)ccc3C2N1. The first-order chi connectivity index (χ1) is 9.19. The Morgan fingerprint density at radius 2 is 2.47 bits per heavy atom. The summed E-state index contributed by atoms with van der Waals surface area (Å²) in [6, 6.07) is 5.41. The van der Waals surface area contributed by atoms with Crippen LogP contribution < -0.4 is 10.1 Å². The Bertz CT molecular complexity index is 561. The standard InChI is InChI=1S/C12H12ClN3O3/c1-18-12(17)10-14-11-8-3-2-7(13)6-9(8)19-5-4-16(11)15-10/h2-3,6,11H,4-5H2,1H3,(H,14,15). The third-order valence-electron chi connectivity index (χ3n) is 3.03. The van der Waals surface area contributed by atoms with E-state index in [-0.39, 0.29) is 12.0 Å². The van der Waals surface area contributed by atoms with Crippen molar-refractivity contribution in [1.29, 1.82) is 0 Å². The Labute approximate surface area is 114 Å². The molecule has 2 aliphatic heterocycles. The van der Waals surface area contributed by atoms with E-state index in [0.717, 1.165) is 5.56 Å². The first kappa shape index (κ1) is 12.1. The van der Waals surface area contributed by atoms with Gasteiger partial charge in [-0.05, 0) is 18.2 Å². The number of esters is 1. The Kier molecular flexibility index (Phi) is 2.94. The van der Waals surface area contributed by atoms with Crippen molar-refractivity contribution in [2.75, 3.05) is 20.3 Å². The second kappa shape index (κ2) is 4.62. The van der Waals surface area contributed by atoms with Crippen LogP contribution in [-0.2, 0) is 9.53 Å². The number of hydrogen-bond acceptors (Lipinski definition) is 6. The number of carbonyl (C=O) groups is 1. The highest BCUT2D eigenvalue weighted by molar-refractivity contribution is 6.35. The van der Waals surface area contributed by atoms with Crippen LogP contribution in [-0.4, -0.2) is 37.1 Å². The first-order valence-electron chi connectivity index (χ1n) is 5.81. The minimum atomic E-state index is -0.482. The second-order valence-corrected chi connectivity index (χ2v) is 4.62. The molecular weight excluding hydrogens is 270 g/mol. The van der Waals surface area contributed by atoms with Crippen LogP contribution in [0.1, 0.15) is 11.7 Å². The number of nitrogens with zero attached hydrogens (tertiary/aromatic N) is 2. The molecule has 0 amide bonds. The molecule has 3 rings (SSSR count). The van der Waals surface area contributed by atoms with Crippen LogP contribution in [0, 0.1) is 0 Å². The molecule has 0 aliphatic carbocycles. The number of carbonyl (C=O) groups excluding carboxylic acids is 1. The van der Waals surface area contributed by atoms with E-state index < -0.39 is 5.97 Å². The molecule has 0 radical (unpaired) electrons. The number of hydrazone groups is 1. The van der Waals surface area contributed by atoms with Gasteiger partial charge in [0.05, 0.1) is 13.7 Å². The molecule has 0 saturated heterocycles. The normalized spacial score (nSPS) is 20.4. The average molecular weight is 282 g/mol. The third-order valence-corrected chi connectivity index (χ3v) is 3.26. The quantitative estimate of drug-likeness (QED) is 0.782. The zero-order valence-electron chi connectivity index (χ0n) is 10.2. The van der Waals surface area contributed by atoms with Gasteiger partial charge < -0.3 is 14.8 Å². The lowest BCUT2D eigenvalue weighted by Crippen LogP contribution is -2.33. The molecule has 6 nitrogen and oxygen atoms in total. The predicted molar refractivity (Wildman–Crippen MR) is 69.0 cm³/mol. The lowest BCUT2D eigenvalue weighted by Gasteiger charge is -2.20. The second-order valence-electron chi connectivity index (χ2n) is 4.18. The summed E-state index contributed by atoms with van der Waals surface area (Å²) in [5, 5.41) is 9.63. The van der Waals surface area contributed by atoms with Gasteiger partial charge in [0, 0.05) is 10.6 Å². The zero-order valence-corrected chi connectivity index (χ0v) is 11.0. The number of ether oxygens (including phenoxy) is 2. The fourth-order valence-electron chi connectivity index (χ4n) is 2.14. The highest BCUT2D eigenvalue weighted by Crippen LogP contribution is 2.34. The van der Waals surface area contributed by atoms with Gasteiger partial charge in [0.15, 0.2) is 0 Å². The van der Waals surface area contributed by atoms with Crippen molar-refractivity contribution in [3.8, 4) is 5.75 Å². The van der Waals surface area contributed by atoms with Crippen molar-refractivity contribution in [1.82, 2.24) is 10.3 Å². The Balaban J connectivity index is 1.95. The van der Waals surface area contributed by atoms with E-state index in [1.54, 1.807) is 17.1 Å². The number of fused-ring (bicyclic) bond motifs is 3. The summed E-state index contributed by atoms with van der Waals surface area (Å²) < 4.78 is 10.3. The van der Waals surface area contributed by atoms with Crippen molar-refractivity contribution in [2.24, 2.45) is 5.10 Å². The van der Waals surface area contributed by atoms with Crippen molar-refractivity contribution in [3.05, 3.63) is 28.8 Å². The molecule has 0 fully saturated rings. The summed E-state index contributed by atoms with van der Waals surface area (Å²) in [6.45, 7) is 1.05. The first-order valence-corrected chi connectivity index (χ1v) is 6.19. The topological polar surface area (TPSA) is 63.2 Å². The van der Waals surface area contributed by atoms with Gasteiger partial charge in [-0.25, -0.2) is 4.79 Å². The van der Waals surface area contributed by atoms with Crippen LogP contribution in [0.2, 0.25) is 5.02 Å². The summed E-state index contributed by atoms with van der Waals surface area (Å²) in [5.41, 5.74) is 0.893. The molecule has 1 aromatic rings. The Morgan fingerprint density at radius 1 is 1.63 bits per heavy atom. The van der Waals surface area contributed by atoms with Crippen LogP contribution >= 0.6 is 11.6 Å². The molecule has 7 heteroatoms. The molecule has 0 bridgehead atoms. The van der Waals surface area contributed by atoms with E-state index in [2.05, 4.69) is 15.2 Å². The maximum atomic E-state index is 11.5. The lowest BCUT2D eigenvalue weighted by atomic mass is 10.1. The van der Waals surface area contributed by atoms with Gasteiger partial charge in [0.2, 0.25) is 5.84 Å². The number of amidine groups is 1. The van der Waals surface area contributed by atoms with Gasteiger partial charge in [-0.2, -0.15) is 0 Å². The number of benzene rings is 1. The van der Waals surface area contributed by atoms with E-state index in [4.69, 9.17) is 16.3 Å². The van der Waals surface area contributed by atoms with Gasteiger partial charge in [-0.15, -0.1) is 5.10 Å². The van der Waals surface area contributed by atoms with Gasteiger partial charge in [0.25, 0.3) is 0 Å². The van der Waals surface area contributed by atoms with E-state index in [1.165, 1.54) is 7.11 Å². The number of hydrogen-bond donors (Lipinski definition) is 1. The minimum Gasteiger partial charge on any atom is -0.491 e. The number of halogens is 1. The fraction of sp³-hybridized carbons (Fsp3) is 0.333. The maximum Gasteiger partial charge on any atom is 0.375 e. The molecule has 2 aliphatic rings. The van der Waals surface area contributed by atoms with E-state index in [0.29, 0.717) is 23.9 Å². The summed E-state index contributed by atoms with van der Waals surface area (Å²) in [6.07, 6.45) is -0.233. The molecular formula is C12H12ClN3O3. The summed E-state index contributed by atoms with van der Waals surface area (Å²) in [7, 11) is 1.33. The summed E-state index contributed by atoms with van der Waals surface area (Å²) >= 11 is 5.96. The van der Waals surface area contributed by atoms with Gasteiger partial charge in [-0.1, -0.05) is 11.6 Å². The van der Waals surface area contributed by atoms with Crippen molar-refractivity contribution in [3.63, 3.8) is 0 Å². The van der Waals surface area contributed by atoms with Crippen LogP contribution in [0.5, 0.6) is 5.75 Å². The number of nitrogens with one attached hydrogen (secondary N) is 1. The highest BCUT2D eigenvalue weighted by Gasteiger charge is 2.34. The zero-order chi connectivity index (χ0) is 13.4. The van der Waals surface area contributed by atoms with E-state index in [9.17, 15) is 4.79 Å². The molecule has 0 aromatic heterocycles. The van der Waals surface area contributed by atoms with Crippen LogP contribution in [0.15, 0.2) is 23.3 Å². The largest absolute Gasteiger partial charge is 0.491 e. The van der Waals surface area contributed by atoms with Crippen LogP contribution in [0.4, 0.5) is 0 Å². The van der Waals surface area contributed by atoms with Gasteiger partial charge in [0.1, 0.15) is 18.5 Å². The lowest BCUT2D eigenvalue weighted by molar-refractivity contribution is -0.132. The molecule has 1 aromatic carbocycles. The smallest absolute Gasteiger partial charge is 0.375 e. The van der Waals surface area contributed by atoms with E-state index >= 15 is 0 Å². The third kappa shape index (κ3) is 2.08. The predicted octanol–water partition coefficient (Wildman–Crippen LogP) is 1.12. The van der Waals surface area contributed by atoms with Gasteiger partial charge in [-0.3, -0.25) is 5.01 Å². The molecule has 1 atom stereocenters. The van der Waals surface area contributed by atoms with E-state index in [1.807, 2.05) is 6.07 Å². The number of rotatable bonds is 1. The monoisotopic (exact) mass is 281 g/mol. The molecule has 19 heavy (non-hydrogen) atoms. The molecule has 100 valence electrons. The molecule has 1 unspecified atom stereocenters. The molecule has 0 spiro atoms. The van der Waals surface area contributed by atoms with Crippen molar-refractivity contribution < 1.29 is 14.3 Å². The van der Waals surface area contributed by atoms with Crippen LogP contribution in [0.25, 0.3) is 0 Å². The van der Waals surface area contributed by atoms with Crippen molar-refractivity contribution in [2.45, 2.75) is 6.17 Å². The van der Waals surface area contributed by atoms with Crippen molar-refractivity contribution >= 4 is 23.4 Å². The molecule has 2 heterocycles. The minimum absolute atomic E-state index is 0.204. The average Bonchev–Trinajstić information content (AvgIpc) is 2.75. The Morgan fingerprint density at radius 3 is 3.26 bits per heavy atom. The summed E-state index contributed by atoms with van der Waals surface area (Å²) in [5.74, 6) is 0.425. The Hall–Kier alpha value is -1.95. The summed E-state index contributed by atoms with van der Waals surface area (Å²) in [4.78, 5) is 11.5. The molecule has 1 N–H and O–H groups in total.